The van der Waals surface area contributed by atoms with Crippen LogP contribution >= 0.6 is 0 Å². The smallest absolute Gasteiger partial charge is 0.285 e. The van der Waals surface area contributed by atoms with Crippen LogP contribution in [0.5, 0.6) is 11.5 Å². The Morgan fingerprint density at radius 1 is 1.30 bits per heavy atom. The molecule has 0 aromatic heterocycles. The van der Waals surface area contributed by atoms with Crippen LogP contribution in [0, 0.1) is 0 Å². The number of benzene rings is 2. The van der Waals surface area contributed by atoms with Gasteiger partial charge in [-0.3, -0.25) is 4.79 Å². The number of amidine groups is 1. The summed E-state index contributed by atoms with van der Waals surface area (Å²) in [6, 6.07) is 10.2. The van der Waals surface area contributed by atoms with Crippen LogP contribution in [-0.2, 0) is 27.8 Å². The average molecular weight is 470 g/mol. The van der Waals surface area contributed by atoms with Gasteiger partial charge in [-0.05, 0) is 51.0 Å². The van der Waals surface area contributed by atoms with Gasteiger partial charge in [0.15, 0.2) is 5.84 Å². The highest BCUT2D eigenvalue weighted by Gasteiger charge is 2.39. The van der Waals surface area contributed by atoms with Crippen molar-refractivity contribution in [2.75, 3.05) is 13.2 Å². The molecule has 1 saturated heterocycles. The fourth-order valence-corrected chi connectivity index (χ4v) is 6.02. The van der Waals surface area contributed by atoms with Crippen LogP contribution in [0.25, 0.3) is 0 Å². The second-order valence-corrected chi connectivity index (χ2v) is 10.2. The predicted molar refractivity (Wildman–Crippen MR) is 123 cm³/mol. The van der Waals surface area contributed by atoms with Gasteiger partial charge in [0.2, 0.25) is 5.91 Å². The second-order valence-electron chi connectivity index (χ2n) is 8.59. The van der Waals surface area contributed by atoms with E-state index in [1.165, 1.54) is 0 Å². The number of rotatable bonds is 5. The van der Waals surface area contributed by atoms with Crippen molar-refractivity contribution < 1.29 is 22.7 Å². The molecule has 5 rings (SSSR count). The average Bonchev–Trinajstić information content (AvgIpc) is 3.47. The Morgan fingerprint density at radius 3 is 2.94 bits per heavy atom. The molecule has 3 aliphatic rings. The lowest BCUT2D eigenvalue weighted by molar-refractivity contribution is -0.124. The van der Waals surface area contributed by atoms with E-state index in [0.29, 0.717) is 37.5 Å². The summed E-state index contributed by atoms with van der Waals surface area (Å²) < 4.78 is 40.7. The summed E-state index contributed by atoms with van der Waals surface area (Å²) in [5, 5.41) is 3.02. The van der Waals surface area contributed by atoms with Crippen molar-refractivity contribution in [3.63, 3.8) is 0 Å². The van der Waals surface area contributed by atoms with Gasteiger partial charge in [-0.1, -0.05) is 12.1 Å². The first-order valence-electron chi connectivity index (χ1n) is 11.3. The number of hydrogen-bond donors (Lipinski definition) is 1. The van der Waals surface area contributed by atoms with Crippen molar-refractivity contribution in [3.8, 4) is 11.5 Å². The van der Waals surface area contributed by atoms with Gasteiger partial charge in [0.05, 0.1) is 6.61 Å². The number of hydrogen-bond acceptors (Lipinski definition) is 6. The maximum atomic E-state index is 13.2. The standard InChI is InChI=1S/C24H27N3O5S/c1-3-31-20-12-16-11-15(2)32-21(16)13-17(20)14-25-24(28)19-8-6-10-27(19)23-18-7-4-5-9-22(18)33(29,30)26-23/h4-5,7,9,12-13,15,19H,3,6,8,10-11,14H2,1-2H3,(H,25,28)/t15-,19-/m0/s1. The van der Waals surface area contributed by atoms with E-state index in [1.807, 2.05) is 30.9 Å². The van der Waals surface area contributed by atoms with E-state index in [1.54, 1.807) is 24.3 Å². The van der Waals surface area contributed by atoms with E-state index in [0.717, 1.165) is 35.5 Å². The molecule has 0 unspecified atom stereocenters. The molecule has 2 aromatic carbocycles. The van der Waals surface area contributed by atoms with Gasteiger partial charge < -0.3 is 19.7 Å². The number of likely N-dealkylation sites (tertiary alicyclic amines) is 1. The minimum atomic E-state index is -3.73. The van der Waals surface area contributed by atoms with Gasteiger partial charge in [0.25, 0.3) is 10.0 Å². The Labute approximate surface area is 193 Å². The number of amides is 1. The molecule has 9 heteroatoms. The molecule has 3 aliphatic heterocycles. The largest absolute Gasteiger partial charge is 0.494 e. The fraction of sp³-hybridized carbons (Fsp3) is 0.417. The fourth-order valence-electron chi connectivity index (χ4n) is 4.80. The molecule has 2 atom stereocenters. The van der Waals surface area contributed by atoms with Gasteiger partial charge in [-0.25, -0.2) is 0 Å². The molecule has 1 amide bonds. The van der Waals surface area contributed by atoms with E-state index < -0.39 is 16.1 Å². The van der Waals surface area contributed by atoms with Crippen molar-refractivity contribution in [1.82, 2.24) is 10.2 Å². The minimum Gasteiger partial charge on any atom is -0.494 e. The molecule has 1 N–H and O–H groups in total. The topological polar surface area (TPSA) is 97.3 Å². The van der Waals surface area contributed by atoms with E-state index >= 15 is 0 Å². The van der Waals surface area contributed by atoms with Crippen molar-refractivity contribution in [3.05, 3.63) is 53.1 Å². The van der Waals surface area contributed by atoms with Crippen molar-refractivity contribution in [2.24, 2.45) is 4.40 Å². The van der Waals surface area contributed by atoms with Crippen molar-refractivity contribution in [2.45, 2.75) is 56.7 Å². The molecule has 0 aliphatic carbocycles. The third kappa shape index (κ3) is 3.94. The summed E-state index contributed by atoms with van der Waals surface area (Å²) in [4.78, 5) is 15.2. The quantitative estimate of drug-likeness (QED) is 0.723. The van der Waals surface area contributed by atoms with E-state index in [-0.39, 0.29) is 16.9 Å². The van der Waals surface area contributed by atoms with E-state index in [9.17, 15) is 13.2 Å². The summed E-state index contributed by atoms with van der Waals surface area (Å²) in [5.74, 6) is 1.78. The highest BCUT2D eigenvalue weighted by molar-refractivity contribution is 7.90. The van der Waals surface area contributed by atoms with Crippen LogP contribution in [0.3, 0.4) is 0 Å². The number of carbonyl (C=O) groups excluding carboxylic acids is 1. The minimum absolute atomic E-state index is 0.123. The third-order valence-electron chi connectivity index (χ3n) is 6.27. The molecule has 8 nitrogen and oxygen atoms in total. The Kier molecular flexibility index (Phi) is 5.52. The number of carbonyl (C=O) groups is 1. The number of nitrogens with zero attached hydrogens (tertiary/aromatic N) is 2. The zero-order chi connectivity index (χ0) is 23.2. The highest BCUT2D eigenvalue weighted by Crippen LogP contribution is 2.35. The summed E-state index contributed by atoms with van der Waals surface area (Å²) in [6.07, 6.45) is 2.38. The Bertz CT molecular complexity index is 1240. The van der Waals surface area contributed by atoms with Gasteiger partial charge >= 0.3 is 0 Å². The SMILES string of the molecule is CCOc1cc2c(cc1CNC(=O)[C@@H]1CCCN1C1=NS(=O)(=O)c3ccccc31)O[C@@H](C)C2. The van der Waals surface area contributed by atoms with Crippen molar-refractivity contribution >= 4 is 21.8 Å². The summed E-state index contributed by atoms with van der Waals surface area (Å²) in [7, 11) is -3.73. The monoisotopic (exact) mass is 469 g/mol. The molecule has 2 aromatic rings. The molecule has 33 heavy (non-hydrogen) atoms. The van der Waals surface area contributed by atoms with Gasteiger partial charge in [-0.2, -0.15) is 8.42 Å². The van der Waals surface area contributed by atoms with E-state index in [2.05, 4.69) is 9.71 Å². The van der Waals surface area contributed by atoms with Crippen LogP contribution in [-0.4, -0.2) is 50.4 Å². The van der Waals surface area contributed by atoms with Crippen molar-refractivity contribution in [1.29, 1.82) is 0 Å². The van der Waals surface area contributed by atoms with Crippen LogP contribution in [0.4, 0.5) is 0 Å². The molecule has 0 bridgehead atoms. The number of nitrogens with one attached hydrogen (secondary N) is 1. The van der Waals surface area contributed by atoms with Gasteiger partial charge in [-0.15, -0.1) is 4.40 Å². The lowest BCUT2D eigenvalue weighted by Gasteiger charge is -2.25. The lowest BCUT2D eigenvalue weighted by Crippen LogP contribution is -2.45. The first-order chi connectivity index (χ1) is 15.9. The summed E-state index contributed by atoms with van der Waals surface area (Å²) in [6.45, 7) is 5.36. The van der Waals surface area contributed by atoms with Crippen LogP contribution < -0.4 is 14.8 Å². The molecule has 174 valence electrons. The summed E-state index contributed by atoms with van der Waals surface area (Å²) >= 11 is 0. The molecule has 0 spiro atoms. The van der Waals surface area contributed by atoms with Crippen LogP contribution in [0.1, 0.15) is 43.4 Å². The maximum Gasteiger partial charge on any atom is 0.285 e. The second kappa shape index (κ2) is 8.37. The highest BCUT2D eigenvalue weighted by atomic mass is 32.2. The van der Waals surface area contributed by atoms with Gasteiger partial charge in [0, 0.05) is 36.2 Å². The van der Waals surface area contributed by atoms with E-state index in [4.69, 9.17) is 9.47 Å². The Morgan fingerprint density at radius 2 is 2.12 bits per heavy atom. The lowest BCUT2D eigenvalue weighted by atomic mass is 10.1. The molecule has 1 fully saturated rings. The first-order valence-corrected chi connectivity index (χ1v) is 12.8. The Balaban J connectivity index is 1.35. The first kappa shape index (κ1) is 21.8. The zero-order valence-corrected chi connectivity index (χ0v) is 19.5. The predicted octanol–water partition coefficient (Wildman–Crippen LogP) is 2.64. The molecular weight excluding hydrogens is 442 g/mol. The zero-order valence-electron chi connectivity index (χ0n) is 18.7. The summed E-state index contributed by atoms with van der Waals surface area (Å²) in [5.41, 5.74) is 2.52. The Hall–Kier alpha value is -3.07. The van der Waals surface area contributed by atoms with Crippen LogP contribution in [0.15, 0.2) is 45.7 Å². The maximum absolute atomic E-state index is 13.2. The van der Waals surface area contributed by atoms with Crippen LogP contribution in [0.2, 0.25) is 0 Å². The number of sulfonamides is 1. The molecule has 3 heterocycles. The number of fused-ring (bicyclic) bond motifs is 2. The molecular formula is C24H27N3O5S. The number of ether oxygens (including phenoxy) is 2. The molecule has 0 saturated carbocycles. The third-order valence-corrected chi connectivity index (χ3v) is 7.60. The normalized spacial score (nSPS) is 22.4. The van der Waals surface area contributed by atoms with Gasteiger partial charge in [0.1, 0.15) is 28.5 Å². The molecule has 0 radical (unpaired) electrons.